The maximum atomic E-state index is 6.41. The summed E-state index contributed by atoms with van der Waals surface area (Å²) in [6, 6.07) is 8.24. The average molecular weight is 335 g/mol. The summed E-state index contributed by atoms with van der Waals surface area (Å²) in [5.41, 5.74) is 2.27. The van der Waals surface area contributed by atoms with Crippen LogP contribution in [0.15, 0.2) is 24.3 Å². The monoisotopic (exact) mass is 334 g/mol. The van der Waals surface area contributed by atoms with Crippen molar-refractivity contribution in [2.75, 3.05) is 32.8 Å². The van der Waals surface area contributed by atoms with Crippen LogP contribution in [0, 0.1) is 0 Å². The standard InChI is InChI=1S/C17H21ClN2O.C2H6/c1-2-14-12-13-4-3-5-15(18)17(13)16(19-14)6-7-20-8-10-21-11-9-20;1-2/h3-5,12H,2,6-11H2,1H3;1-2H3. The fraction of sp³-hybridized carbons (Fsp3) is 0.526. The zero-order chi connectivity index (χ0) is 16.7. The topological polar surface area (TPSA) is 25.4 Å². The smallest absolute Gasteiger partial charge is 0.0594 e. The maximum absolute atomic E-state index is 6.41. The van der Waals surface area contributed by atoms with Crippen LogP contribution in [0.5, 0.6) is 0 Å². The number of morpholine rings is 1. The minimum absolute atomic E-state index is 0.805. The Morgan fingerprint density at radius 2 is 1.96 bits per heavy atom. The van der Waals surface area contributed by atoms with Gasteiger partial charge in [0, 0.05) is 37.1 Å². The molecule has 0 N–H and O–H groups in total. The Balaban J connectivity index is 0.000000924. The number of benzene rings is 1. The van der Waals surface area contributed by atoms with E-state index < -0.39 is 0 Å². The second-order valence-electron chi connectivity index (χ2n) is 5.46. The third-order valence-electron chi connectivity index (χ3n) is 4.07. The normalized spacial score (nSPS) is 15.3. The molecule has 1 fully saturated rings. The predicted octanol–water partition coefficient (Wildman–Crippen LogP) is 4.35. The van der Waals surface area contributed by atoms with Gasteiger partial charge in [0.15, 0.2) is 0 Å². The van der Waals surface area contributed by atoms with E-state index in [-0.39, 0.29) is 0 Å². The number of fused-ring (bicyclic) bond motifs is 1. The van der Waals surface area contributed by atoms with Gasteiger partial charge in [-0.3, -0.25) is 9.88 Å². The molecule has 2 aromatic rings. The number of aryl methyl sites for hydroxylation is 1. The Bertz CT molecular complexity index is 624. The first-order valence-electron chi connectivity index (χ1n) is 8.65. The zero-order valence-corrected chi connectivity index (χ0v) is 15.2. The zero-order valence-electron chi connectivity index (χ0n) is 14.4. The number of aromatic nitrogens is 1. The molecule has 0 spiro atoms. The predicted molar refractivity (Wildman–Crippen MR) is 98.4 cm³/mol. The van der Waals surface area contributed by atoms with Crippen molar-refractivity contribution in [2.45, 2.75) is 33.6 Å². The third-order valence-corrected chi connectivity index (χ3v) is 4.38. The van der Waals surface area contributed by atoms with Crippen molar-refractivity contribution in [3.05, 3.63) is 40.7 Å². The molecule has 0 amide bonds. The van der Waals surface area contributed by atoms with Crippen LogP contribution in [-0.2, 0) is 17.6 Å². The van der Waals surface area contributed by atoms with Crippen LogP contribution in [0.1, 0.15) is 32.2 Å². The number of ether oxygens (including phenoxy) is 1. The van der Waals surface area contributed by atoms with Gasteiger partial charge >= 0.3 is 0 Å². The Hall–Kier alpha value is -1.16. The van der Waals surface area contributed by atoms with Gasteiger partial charge in [-0.15, -0.1) is 0 Å². The molecule has 3 rings (SSSR count). The number of halogens is 1. The van der Waals surface area contributed by atoms with Crippen molar-refractivity contribution in [1.82, 2.24) is 9.88 Å². The van der Waals surface area contributed by atoms with Gasteiger partial charge in [0.05, 0.1) is 23.9 Å². The van der Waals surface area contributed by atoms with Crippen LogP contribution >= 0.6 is 11.6 Å². The average Bonchev–Trinajstić information content (AvgIpc) is 2.62. The highest BCUT2D eigenvalue weighted by atomic mass is 35.5. The van der Waals surface area contributed by atoms with E-state index in [1.165, 1.54) is 5.39 Å². The summed E-state index contributed by atoms with van der Waals surface area (Å²) >= 11 is 6.41. The fourth-order valence-corrected chi connectivity index (χ4v) is 3.15. The molecule has 3 nitrogen and oxygen atoms in total. The molecule has 1 aromatic heterocycles. The van der Waals surface area contributed by atoms with Gasteiger partial charge in [-0.25, -0.2) is 0 Å². The molecule has 23 heavy (non-hydrogen) atoms. The molecular formula is C19H27ClN2O. The van der Waals surface area contributed by atoms with Crippen molar-refractivity contribution < 1.29 is 4.74 Å². The summed E-state index contributed by atoms with van der Waals surface area (Å²) in [5, 5.41) is 3.12. The molecule has 0 aliphatic carbocycles. The summed E-state index contributed by atoms with van der Waals surface area (Å²) in [7, 11) is 0. The van der Waals surface area contributed by atoms with Crippen LogP contribution in [0.4, 0.5) is 0 Å². The molecule has 1 saturated heterocycles. The first kappa shape index (κ1) is 18.2. The van der Waals surface area contributed by atoms with Gasteiger partial charge < -0.3 is 4.74 Å². The molecule has 2 heterocycles. The SMILES string of the molecule is CC.CCc1cc2cccc(Cl)c2c(CCN2CCOCC2)n1. The van der Waals surface area contributed by atoms with E-state index in [1.54, 1.807) is 0 Å². The van der Waals surface area contributed by atoms with Crippen LogP contribution in [0.3, 0.4) is 0 Å². The molecule has 1 aliphatic heterocycles. The Kier molecular flexibility index (Phi) is 7.28. The van der Waals surface area contributed by atoms with Gasteiger partial charge in [-0.2, -0.15) is 0 Å². The Morgan fingerprint density at radius 3 is 2.65 bits per heavy atom. The van der Waals surface area contributed by atoms with Gasteiger partial charge in [-0.1, -0.05) is 44.5 Å². The summed E-state index contributed by atoms with van der Waals surface area (Å²) in [5.74, 6) is 0. The molecule has 0 saturated carbocycles. The summed E-state index contributed by atoms with van der Waals surface area (Å²) in [6.45, 7) is 10.9. The van der Waals surface area contributed by atoms with Crippen LogP contribution < -0.4 is 0 Å². The van der Waals surface area contributed by atoms with Crippen molar-refractivity contribution in [3.8, 4) is 0 Å². The van der Waals surface area contributed by atoms with E-state index in [0.717, 1.165) is 67.5 Å². The van der Waals surface area contributed by atoms with Crippen LogP contribution in [-0.4, -0.2) is 42.7 Å². The number of pyridine rings is 1. The number of rotatable bonds is 4. The highest BCUT2D eigenvalue weighted by Gasteiger charge is 2.13. The highest BCUT2D eigenvalue weighted by molar-refractivity contribution is 6.35. The molecule has 1 aromatic carbocycles. The quantitative estimate of drug-likeness (QED) is 0.831. The highest BCUT2D eigenvalue weighted by Crippen LogP contribution is 2.27. The first-order chi connectivity index (χ1) is 11.3. The van der Waals surface area contributed by atoms with Crippen LogP contribution in [0.25, 0.3) is 10.8 Å². The molecule has 126 valence electrons. The first-order valence-corrected chi connectivity index (χ1v) is 9.03. The minimum atomic E-state index is 0.805. The number of hydrogen-bond donors (Lipinski definition) is 0. The van der Waals surface area contributed by atoms with Gasteiger partial charge in [0.2, 0.25) is 0 Å². The van der Waals surface area contributed by atoms with Gasteiger partial charge in [0.25, 0.3) is 0 Å². The summed E-state index contributed by atoms with van der Waals surface area (Å²) in [6.07, 6.45) is 1.89. The number of nitrogens with zero attached hydrogens (tertiary/aromatic N) is 2. The van der Waals surface area contributed by atoms with E-state index in [2.05, 4.69) is 24.0 Å². The summed E-state index contributed by atoms with van der Waals surface area (Å²) in [4.78, 5) is 7.26. The molecule has 0 unspecified atom stereocenters. The number of hydrogen-bond acceptors (Lipinski definition) is 3. The molecule has 4 heteroatoms. The van der Waals surface area contributed by atoms with E-state index in [1.807, 2.05) is 26.0 Å². The van der Waals surface area contributed by atoms with Crippen LogP contribution in [0.2, 0.25) is 5.02 Å². The lowest BCUT2D eigenvalue weighted by molar-refractivity contribution is 0.0384. The molecule has 1 aliphatic rings. The lowest BCUT2D eigenvalue weighted by atomic mass is 10.1. The largest absolute Gasteiger partial charge is 0.379 e. The van der Waals surface area contributed by atoms with E-state index in [0.29, 0.717) is 0 Å². The molecule has 0 radical (unpaired) electrons. The van der Waals surface area contributed by atoms with Gasteiger partial charge in [0.1, 0.15) is 0 Å². The van der Waals surface area contributed by atoms with Crippen molar-refractivity contribution >= 4 is 22.4 Å². The van der Waals surface area contributed by atoms with E-state index >= 15 is 0 Å². The van der Waals surface area contributed by atoms with Gasteiger partial charge in [-0.05, 0) is 23.9 Å². The maximum Gasteiger partial charge on any atom is 0.0594 e. The lowest BCUT2D eigenvalue weighted by Gasteiger charge is -2.26. The Labute approximate surface area is 144 Å². The summed E-state index contributed by atoms with van der Waals surface area (Å²) < 4.78 is 5.40. The molecule has 0 atom stereocenters. The van der Waals surface area contributed by atoms with E-state index in [9.17, 15) is 0 Å². The third kappa shape index (κ3) is 4.66. The lowest BCUT2D eigenvalue weighted by Crippen LogP contribution is -2.37. The van der Waals surface area contributed by atoms with Crippen molar-refractivity contribution in [3.63, 3.8) is 0 Å². The van der Waals surface area contributed by atoms with Crippen molar-refractivity contribution in [1.29, 1.82) is 0 Å². The van der Waals surface area contributed by atoms with E-state index in [4.69, 9.17) is 21.3 Å². The molecule has 0 bridgehead atoms. The van der Waals surface area contributed by atoms with Crippen molar-refractivity contribution in [2.24, 2.45) is 0 Å². The molecular weight excluding hydrogens is 308 g/mol. The fourth-order valence-electron chi connectivity index (χ4n) is 2.86. The Morgan fingerprint density at radius 1 is 1.22 bits per heavy atom. The second-order valence-corrected chi connectivity index (χ2v) is 5.86. The second kappa shape index (κ2) is 9.21. The minimum Gasteiger partial charge on any atom is -0.379 e.